The van der Waals surface area contributed by atoms with E-state index in [-0.39, 0.29) is 30.1 Å². The minimum atomic E-state index is -3.77. The van der Waals surface area contributed by atoms with Gasteiger partial charge in [-0.2, -0.15) is 4.31 Å². The molecule has 0 amide bonds. The van der Waals surface area contributed by atoms with Crippen molar-refractivity contribution in [3.63, 3.8) is 0 Å². The average molecular weight is 412 g/mol. The Morgan fingerprint density at radius 1 is 1.21 bits per heavy atom. The first-order valence-electron chi connectivity index (χ1n) is 8.83. The van der Waals surface area contributed by atoms with Crippen LogP contribution in [0.1, 0.15) is 12.8 Å². The first-order valence-corrected chi connectivity index (χ1v) is 10.3. The molecule has 0 N–H and O–H groups in total. The molecule has 1 spiro atoms. The van der Waals surface area contributed by atoms with Crippen molar-refractivity contribution in [3.8, 4) is 0 Å². The summed E-state index contributed by atoms with van der Waals surface area (Å²) in [6.45, 7) is 1.26. The molecular formula is C17H20N2O8S. The van der Waals surface area contributed by atoms with Crippen molar-refractivity contribution in [2.45, 2.75) is 30.1 Å². The van der Waals surface area contributed by atoms with Crippen LogP contribution in [-0.4, -0.2) is 62.5 Å². The molecule has 3 heterocycles. The van der Waals surface area contributed by atoms with Gasteiger partial charge in [0.15, 0.2) is 11.4 Å². The number of benzene rings is 1. The summed E-state index contributed by atoms with van der Waals surface area (Å²) in [6.07, 6.45) is 0.915. The van der Waals surface area contributed by atoms with Gasteiger partial charge in [-0.3, -0.25) is 9.36 Å². The Kier molecular flexibility index (Phi) is 4.78. The molecule has 1 aromatic carbocycles. The van der Waals surface area contributed by atoms with Crippen LogP contribution in [-0.2, 0) is 35.6 Å². The fraction of sp³-hybridized carbons (Fsp3) is 0.529. The molecule has 0 aliphatic carbocycles. The number of esters is 1. The number of carbonyl (C=O) groups excluding carboxylic acids is 1. The van der Waals surface area contributed by atoms with Gasteiger partial charge in [-0.15, -0.1) is 0 Å². The van der Waals surface area contributed by atoms with Crippen molar-refractivity contribution in [2.24, 2.45) is 0 Å². The molecule has 11 heteroatoms. The maximum atomic E-state index is 13.0. The normalized spacial score (nSPS) is 20.0. The number of piperidine rings is 1. The molecule has 28 heavy (non-hydrogen) atoms. The van der Waals surface area contributed by atoms with Gasteiger partial charge in [-0.25, -0.2) is 13.2 Å². The lowest BCUT2D eigenvalue weighted by Gasteiger charge is -2.36. The minimum absolute atomic E-state index is 0.0168. The van der Waals surface area contributed by atoms with E-state index in [0.717, 1.165) is 4.57 Å². The number of carbonyl (C=O) groups is 1. The molecule has 2 saturated heterocycles. The third-order valence-corrected chi connectivity index (χ3v) is 6.98. The topological polar surface area (TPSA) is 117 Å². The van der Waals surface area contributed by atoms with Crippen LogP contribution in [0.15, 0.2) is 32.3 Å². The maximum absolute atomic E-state index is 13.0. The zero-order chi connectivity index (χ0) is 19.9. The van der Waals surface area contributed by atoms with Gasteiger partial charge in [0.05, 0.1) is 30.7 Å². The van der Waals surface area contributed by atoms with Crippen molar-refractivity contribution in [1.29, 1.82) is 0 Å². The van der Waals surface area contributed by atoms with Crippen LogP contribution >= 0.6 is 0 Å². The number of nitrogens with zero attached hydrogens (tertiary/aromatic N) is 2. The van der Waals surface area contributed by atoms with Crippen LogP contribution in [0.2, 0.25) is 0 Å². The molecule has 152 valence electrons. The predicted molar refractivity (Wildman–Crippen MR) is 95.1 cm³/mol. The van der Waals surface area contributed by atoms with E-state index in [9.17, 15) is 18.0 Å². The standard InChI is InChI=1S/C17H20N2O8S/c1-24-15(20)11-19-13-3-2-12(10-14(13)27-16(19)21)28(22,23)18-6-4-17(5-7-18)25-8-9-26-17/h2-3,10H,4-9,11H2,1H3. The number of hydrogen-bond acceptors (Lipinski definition) is 8. The van der Waals surface area contributed by atoms with Crippen LogP contribution in [0.5, 0.6) is 0 Å². The monoisotopic (exact) mass is 412 g/mol. The number of methoxy groups -OCH3 is 1. The van der Waals surface area contributed by atoms with Crippen molar-refractivity contribution < 1.29 is 31.8 Å². The van der Waals surface area contributed by atoms with Crippen LogP contribution < -0.4 is 5.76 Å². The summed E-state index contributed by atoms with van der Waals surface area (Å²) < 4.78 is 49.4. The van der Waals surface area contributed by atoms with E-state index in [0.29, 0.717) is 31.6 Å². The summed E-state index contributed by atoms with van der Waals surface area (Å²) in [6, 6.07) is 4.14. The molecule has 2 aromatic rings. The molecule has 10 nitrogen and oxygen atoms in total. The second kappa shape index (κ2) is 6.99. The predicted octanol–water partition coefficient (Wildman–Crippen LogP) is 0.295. The van der Waals surface area contributed by atoms with Gasteiger partial charge in [0.2, 0.25) is 10.0 Å². The minimum Gasteiger partial charge on any atom is -0.468 e. The average Bonchev–Trinajstić information content (AvgIpc) is 3.26. The van der Waals surface area contributed by atoms with Crippen LogP contribution in [0.25, 0.3) is 11.1 Å². The van der Waals surface area contributed by atoms with Crippen molar-refractivity contribution in [3.05, 3.63) is 28.7 Å². The Bertz CT molecular complexity index is 1050. The molecule has 2 aliphatic rings. The Morgan fingerprint density at radius 3 is 2.54 bits per heavy atom. The summed E-state index contributed by atoms with van der Waals surface area (Å²) >= 11 is 0. The van der Waals surface area contributed by atoms with Gasteiger partial charge in [0.25, 0.3) is 0 Å². The second-order valence-electron chi connectivity index (χ2n) is 6.67. The van der Waals surface area contributed by atoms with Crippen molar-refractivity contribution in [2.75, 3.05) is 33.4 Å². The number of aromatic nitrogens is 1. The molecule has 0 saturated carbocycles. The van der Waals surface area contributed by atoms with Gasteiger partial charge in [0, 0.05) is 32.0 Å². The highest BCUT2D eigenvalue weighted by molar-refractivity contribution is 7.89. The molecule has 0 bridgehead atoms. The molecule has 0 unspecified atom stereocenters. The van der Waals surface area contributed by atoms with E-state index in [1.54, 1.807) is 0 Å². The zero-order valence-corrected chi connectivity index (χ0v) is 16.1. The highest BCUT2D eigenvalue weighted by Gasteiger charge is 2.42. The number of fused-ring (bicyclic) bond motifs is 1. The lowest BCUT2D eigenvalue weighted by Crippen LogP contribution is -2.47. The van der Waals surface area contributed by atoms with Crippen LogP contribution in [0.3, 0.4) is 0 Å². The third kappa shape index (κ3) is 3.24. The van der Waals surface area contributed by atoms with E-state index in [4.69, 9.17) is 13.9 Å². The summed E-state index contributed by atoms with van der Waals surface area (Å²) in [5.74, 6) is -2.04. The molecule has 2 fully saturated rings. The van der Waals surface area contributed by atoms with Gasteiger partial charge in [0.1, 0.15) is 6.54 Å². The fourth-order valence-corrected chi connectivity index (χ4v) is 5.01. The maximum Gasteiger partial charge on any atom is 0.420 e. The fourth-order valence-electron chi connectivity index (χ4n) is 3.55. The molecule has 1 aromatic heterocycles. The van der Waals surface area contributed by atoms with E-state index < -0.39 is 27.5 Å². The summed E-state index contributed by atoms with van der Waals surface area (Å²) in [7, 11) is -2.56. The Morgan fingerprint density at radius 2 is 1.89 bits per heavy atom. The van der Waals surface area contributed by atoms with E-state index in [2.05, 4.69) is 4.74 Å². The molecule has 0 radical (unpaired) electrons. The first-order chi connectivity index (χ1) is 13.3. The van der Waals surface area contributed by atoms with Gasteiger partial charge in [-0.1, -0.05) is 0 Å². The lowest BCUT2D eigenvalue weighted by atomic mass is 10.1. The SMILES string of the molecule is COC(=O)Cn1c(=O)oc2cc(S(=O)(=O)N3CCC4(CC3)OCCO4)ccc21. The Balaban J connectivity index is 1.60. The second-order valence-corrected chi connectivity index (χ2v) is 8.61. The van der Waals surface area contributed by atoms with Gasteiger partial charge < -0.3 is 18.6 Å². The van der Waals surface area contributed by atoms with Crippen molar-refractivity contribution >= 4 is 27.1 Å². The molecular weight excluding hydrogens is 392 g/mol. The smallest absolute Gasteiger partial charge is 0.420 e. The highest BCUT2D eigenvalue weighted by Crippen LogP contribution is 2.33. The van der Waals surface area contributed by atoms with E-state index in [1.807, 2.05) is 0 Å². The van der Waals surface area contributed by atoms with Gasteiger partial charge >= 0.3 is 11.7 Å². The number of sulfonamides is 1. The molecule has 4 rings (SSSR count). The zero-order valence-electron chi connectivity index (χ0n) is 15.3. The largest absolute Gasteiger partial charge is 0.468 e. The van der Waals surface area contributed by atoms with Crippen LogP contribution in [0.4, 0.5) is 0 Å². The van der Waals surface area contributed by atoms with Crippen molar-refractivity contribution in [1.82, 2.24) is 8.87 Å². The van der Waals surface area contributed by atoms with E-state index >= 15 is 0 Å². The number of hydrogen-bond donors (Lipinski definition) is 0. The Hall–Kier alpha value is -2.21. The number of oxazole rings is 1. The molecule has 2 aliphatic heterocycles. The molecule has 0 atom stereocenters. The first kappa shape index (κ1) is 19.1. The van der Waals surface area contributed by atoms with E-state index in [1.165, 1.54) is 29.6 Å². The van der Waals surface area contributed by atoms with Gasteiger partial charge in [-0.05, 0) is 12.1 Å². The lowest BCUT2D eigenvalue weighted by molar-refractivity contribution is -0.179. The summed E-state index contributed by atoms with van der Waals surface area (Å²) in [5.41, 5.74) is 0.408. The Labute approximate surface area is 160 Å². The highest BCUT2D eigenvalue weighted by atomic mass is 32.2. The van der Waals surface area contributed by atoms with Crippen LogP contribution in [0, 0.1) is 0 Å². The number of ether oxygens (including phenoxy) is 3. The third-order valence-electron chi connectivity index (χ3n) is 5.09. The quantitative estimate of drug-likeness (QED) is 0.658. The summed E-state index contributed by atoms with van der Waals surface area (Å²) in [5, 5.41) is 0. The summed E-state index contributed by atoms with van der Waals surface area (Å²) in [4.78, 5) is 23.5. The number of rotatable bonds is 4.